The first-order valence-electron chi connectivity index (χ1n) is 8.86. The first-order valence-corrected chi connectivity index (χ1v) is 9.24. The molecule has 0 saturated heterocycles. The van der Waals surface area contributed by atoms with Crippen molar-refractivity contribution < 1.29 is 14.0 Å². The number of pyridine rings is 1. The Morgan fingerprint density at radius 2 is 1.96 bits per heavy atom. The Balaban J connectivity index is 1.54. The van der Waals surface area contributed by atoms with Crippen LogP contribution in [0.2, 0.25) is 5.02 Å². The van der Waals surface area contributed by atoms with Gasteiger partial charge in [0.1, 0.15) is 11.3 Å². The van der Waals surface area contributed by atoms with Crippen molar-refractivity contribution in [1.82, 2.24) is 10.3 Å². The fraction of sp³-hybridized carbons (Fsp3) is 0.190. The van der Waals surface area contributed by atoms with Gasteiger partial charge in [0.2, 0.25) is 0 Å². The molecule has 0 aliphatic heterocycles. The summed E-state index contributed by atoms with van der Waals surface area (Å²) in [6, 6.07) is 12.0. The largest absolute Gasteiger partial charge is 0.469 e. The smallest absolute Gasteiger partial charge is 0.261 e. The summed E-state index contributed by atoms with van der Waals surface area (Å²) in [5.74, 6) is -0.0505. The van der Waals surface area contributed by atoms with Gasteiger partial charge in [-0.1, -0.05) is 23.7 Å². The Morgan fingerprint density at radius 1 is 1.18 bits per heavy atom. The quantitative estimate of drug-likeness (QED) is 0.706. The number of benzene rings is 1. The van der Waals surface area contributed by atoms with Crippen molar-refractivity contribution in [1.29, 1.82) is 0 Å². The fourth-order valence-corrected chi connectivity index (χ4v) is 3.53. The lowest BCUT2D eigenvalue weighted by Gasteiger charge is -2.22. The number of furan rings is 1. The number of hydrogen-bond acceptors (Lipinski definition) is 4. The van der Waals surface area contributed by atoms with E-state index >= 15 is 0 Å². The molecule has 6 nitrogen and oxygen atoms in total. The molecule has 142 valence electrons. The normalized spacial score (nSPS) is 15.9. The number of rotatable bonds is 4. The van der Waals surface area contributed by atoms with Crippen LogP contribution in [-0.4, -0.2) is 16.7 Å². The van der Waals surface area contributed by atoms with E-state index < -0.39 is 11.5 Å². The first-order chi connectivity index (χ1) is 13.5. The minimum absolute atomic E-state index is 0.0717. The molecule has 0 radical (unpaired) electrons. The molecule has 1 atom stereocenters. The molecule has 2 heterocycles. The Hall–Kier alpha value is -3.12. The van der Waals surface area contributed by atoms with Crippen LogP contribution in [-0.2, 0) is 13.0 Å². The van der Waals surface area contributed by atoms with Crippen LogP contribution in [0.1, 0.15) is 50.1 Å². The van der Waals surface area contributed by atoms with Crippen LogP contribution in [0, 0.1) is 0 Å². The van der Waals surface area contributed by atoms with Crippen LogP contribution in [0.4, 0.5) is 0 Å². The molecule has 1 aliphatic rings. The number of fused-ring (bicyclic) bond motifs is 1. The van der Waals surface area contributed by atoms with Gasteiger partial charge < -0.3 is 14.7 Å². The van der Waals surface area contributed by atoms with Gasteiger partial charge in [-0.15, -0.1) is 0 Å². The lowest BCUT2D eigenvalue weighted by Crippen LogP contribution is -2.32. The van der Waals surface area contributed by atoms with Crippen molar-refractivity contribution in [2.75, 3.05) is 0 Å². The van der Waals surface area contributed by atoms with E-state index in [0.29, 0.717) is 28.5 Å². The zero-order valence-electron chi connectivity index (χ0n) is 14.8. The number of ketones is 1. The molecule has 1 aliphatic carbocycles. The van der Waals surface area contributed by atoms with Crippen molar-refractivity contribution in [3.8, 4) is 0 Å². The zero-order chi connectivity index (χ0) is 19.7. The lowest BCUT2D eigenvalue weighted by atomic mass is 9.84. The molecule has 0 bridgehead atoms. The molecule has 2 aromatic heterocycles. The van der Waals surface area contributed by atoms with Crippen LogP contribution in [0.15, 0.2) is 57.9 Å². The highest BCUT2D eigenvalue weighted by atomic mass is 35.5. The molecular formula is C21H17ClN2O4. The van der Waals surface area contributed by atoms with E-state index in [1.54, 1.807) is 36.6 Å². The maximum Gasteiger partial charge on any atom is 0.261 e. The monoisotopic (exact) mass is 396 g/mol. The second-order valence-electron chi connectivity index (χ2n) is 6.76. The van der Waals surface area contributed by atoms with Crippen molar-refractivity contribution in [2.45, 2.75) is 25.3 Å². The van der Waals surface area contributed by atoms with E-state index in [2.05, 4.69) is 10.3 Å². The highest BCUT2D eigenvalue weighted by molar-refractivity contribution is 6.30. The van der Waals surface area contributed by atoms with Gasteiger partial charge in [-0.25, -0.2) is 0 Å². The number of Topliss-reactive ketones (excluding diaryl/α,β-unsaturated/α-hetero) is 1. The highest BCUT2D eigenvalue weighted by Crippen LogP contribution is 2.31. The van der Waals surface area contributed by atoms with E-state index in [4.69, 9.17) is 16.0 Å². The number of aromatic nitrogens is 1. The van der Waals surface area contributed by atoms with Gasteiger partial charge in [-0.3, -0.25) is 14.4 Å². The molecule has 0 saturated carbocycles. The topological polar surface area (TPSA) is 92.2 Å². The van der Waals surface area contributed by atoms with Crippen LogP contribution >= 0.6 is 11.6 Å². The van der Waals surface area contributed by atoms with Gasteiger partial charge in [0.25, 0.3) is 11.5 Å². The summed E-state index contributed by atoms with van der Waals surface area (Å²) in [6.07, 6.45) is 2.32. The SMILES string of the molecule is O=C1C[C@H](c2ccco2)Cc2[nH]c(=O)c(C(=O)NCc3ccc(Cl)cc3)cc21. The molecule has 0 fully saturated rings. The minimum atomic E-state index is -0.528. The molecule has 1 aromatic carbocycles. The summed E-state index contributed by atoms with van der Waals surface area (Å²) in [6.45, 7) is 0.251. The lowest BCUT2D eigenvalue weighted by molar-refractivity contribution is 0.0949. The average molecular weight is 397 g/mol. The summed E-state index contributed by atoms with van der Waals surface area (Å²) >= 11 is 5.84. The number of halogens is 1. The summed E-state index contributed by atoms with van der Waals surface area (Å²) < 4.78 is 5.39. The Bertz CT molecular complexity index is 1080. The Morgan fingerprint density at radius 3 is 2.68 bits per heavy atom. The maximum absolute atomic E-state index is 12.6. The standard InChI is InChI=1S/C21H17ClN2O4/c22-14-5-3-12(4-6-14)11-23-20(26)16-10-15-17(24-21(16)27)8-13(9-18(15)25)19-2-1-7-28-19/h1-7,10,13H,8-9,11H2,(H,23,26)(H,24,27)/t13-/m1/s1. The van der Waals surface area contributed by atoms with E-state index in [0.717, 1.165) is 5.56 Å². The Labute approximate surface area is 165 Å². The first kappa shape index (κ1) is 18.3. The number of aromatic amines is 1. The number of nitrogens with one attached hydrogen (secondary N) is 2. The fourth-order valence-electron chi connectivity index (χ4n) is 3.40. The summed E-state index contributed by atoms with van der Waals surface area (Å²) in [7, 11) is 0. The average Bonchev–Trinajstić information content (AvgIpc) is 3.21. The molecule has 0 spiro atoms. The van der Waals surface area contributed by atoms with Gasteiger partial charge in [0, 0.05) is 35.2 Å². The number of hydrogen-bond donors (Lipinski definition) is 2. The third-order valence-electron chi connectivity index (χ3n) is 4.86. The molecule has 7 heteroatoms. The summed E-state index contributed by atoms with van der Waals surface area (Å²) in [5, 5.41) is 3.30. The number of H-pyrrole nitrogens is 1. The molecule has 3 aromatic rings. The molecule has 4 rings (SSSR count). The van der Waals surface area contributed by atoms with Crippen molar-refractivity contribution in [3.05, 3.63) is 92.2 Å². The van der Waals surface area contributed by atoms with Crippen molar-refractivity contribution >= 4 is 23.3 Å². The molecule has 28 heavy (non-hydrogen) atoms. The van der Waals surface area contributed by atoms with Crippen molar-refractivity contribution in [3.63, 3.8) is 0 Å². The number of amides is 1. The van der Waals surface area contributed by atoms with Crippen LogP contribution < -0.4 is 10.9 Å². The van der Waals surface area contributed by atoms with Gasteiger partial charge in [0.15, 0.2) is 5.78 Å². The summed E-state index contributed by atoms with van der Waals surface area (Å²) in [5.41, 5.74) is 1.19. The molecule has 0 unspecified atom stereocenters. The predicted molar refractivity (Wildman–Crippen MR) is 104 cm³/mol. The maximum atomic E-state index is 12.6. The van der Waals surface area contributed by atoms with E-state index in [1.165, 1.54) is 6.07 Å². The van der Waals surface area contributed by atoms with Gasteiger partial charge in [0.05, 0.1) is 6.26 Å². The number of carbonyl (C=O) groups is 2. The molecular weight excluding hydrogens is 380 g/mol. The van der Waals surface area contributed by atoms with Crippen LogP contribution in [0.5, 0.6) is 0 Å². The predicted octanol–water partition coefficient (Wildman–Crippen LogP) is 3.46. The van der Waals surface area contributed by atoms with Gasteiger partial charge >= 0.3 is 0 Å². The van der Waals surface area contributed by atoms with Crippen LogP contribution in [0.3, 0.4) is 0 Å². The van der Waals surface area contributed by atoms with E-state index in [9.17, 15) is 14.4 Å². The molecule has 2 N–H and O–H groups in total. The van der Waals surface area contributed by atoms with Crippen LogP contribution in [0.25, 0.3) is 0 Å². The summed E-state index contributed by atoms with van der Waals surface area (Å²) in [4.78, 5) is 40.2. The Kier molecular flexibility index (Phi) is 4.88. The second-order valence-corrected chi connectivity index (χ2v) is 7.19. The van der Waals surface area contributed by atoms with Crippen molar-refractivity contribution in [2.24, 2.45) is 0 Å². The van der Waals surface area contributed by atoms with E-state index in [-0.39, 0.29) is 30.2 Å². The highest BCUT2D eigenvalue weighted by Gasteiger charge is 2.30. The van der Waals surface area contributed by atoms with Gasteiger partial charge in [-0.2, -0.15) is 0 Å². The van der Waals surface area contributed by atoms with Gasteiger partial charge in [-0.05, 0) is 42.3 Å². The minimum Gasteiger partial charge on any atom is -0.469 e. The third-order valence-corrected chi connectivity index (χ3v) is 5.11. The second kappa shape index (κ2) is 7.48. The number of carbonyl (C=O) groups excluding carboxylic acids is 2. The van der Waals surface area contributed by atoms with E-state index in [1.807, 2.05) is 6.07 Å². The molecule has 1 amide bonds. The zero-order valence-corrected chi connectivity index (χ0v) is 15.6. The third kappa shape index (κ3) is 3.64.